The number of nitrogens with two attached hydrogens (primary N) is 1. The van der Waals surface area contributed by atoms with Crippen LogP contribution in [0.1, 0.15) is 37.3 Å². The van der Waals surface area contributed by atoms with E-state index in [1.807, 2.05) is 0 Å². The number of benzene rings is 1. The Balaban J connectivity index is 1.92. The number of imidazole rings is 1. The summed E-state index contributed by atoms with van der Waals surface area (Å²) in [5.41, 5.74) is 9.78. The van der Waals surface area contributed by atoms with Crippen LogP contribution in [0.15, 0.2) is 18.2 Å². The van der Waals surface area contributed by atoms with Crippen LogP contribution >= 0.6 is 0 Å². The van der Waals surface area contributed by atoms with Crippen LogP contribution in [0.4, 0.5) is 5.95 Å². The van der Waals surface area contributed by atoms with E-state index >= 15 is 0 Å². The summed E-state index contributed by atoms with van der Waals surface area (Å²) < 4.78 is 2.33. The van der Waals surface area contributed by atoms with Crippen LogP contribution in [0, 0.1) is 18.8 Å². The summed E-state index contributed by atoms with van der Waals surface area (Å²) in [7, 11) is 0. The van der Waals surface area contributed by atoms with Gasteiger partial charge < -0.3 is 10.3 Å². The number of para-hydroxylation sites is 1. The molecule has 2 aliphatic carbocycles. The van der Waals surface area contributed by atoms with Crippen molar-refractivity contribution in [2.45, 2.75) is 38.6 Å². The summed E-state index contributed by atoms with van der Waals surface area (Å²) in [6.07, 6.45) is 5.50. The number of aryl methyl sites for hydroxylation is 1. The molecule has 1 aromatic heterocycles. The summed E-state index contributed by atoms with van der Waals surface area (Å²) in [5, 5.41) is 0. The van der Waals surface area contributed by atoms with Gasteiger partial charge in [-0.25, -0.2) is 4.98 Å². The van der Waals surface area contributed by atoms with Gasteiger partial charge in [0.15, 0.2) is 0 Å². The fourth-order valence-electron chi connectivity index (χ4n) is 4.20. The molecule has 4 rings (SSSR count). The van der Waals surface area contributed by atoms with Crippen LogP contribution in [0.3, 0.4) is 0 Å². The lowest BCUT2D eigenvalue weighted by atomic mass is 9.95. The smallest absolute Gasteiger partial charge is 0.201 e. The first-order valence-corrected chi connectivity index (χ1v) is 6.97. The van der Waals surface area contributed by atoms with Gasteiger partial charge in [0.05, 0.1) is 11.0 Å². The molecule has 3 nitrogen and oxygen atoms in total. The quantitative estimate of drug-likeness (QED) is 0.832. The fraction of sp³-hybridized carbons (Fsp3) is 0.533. The van der Waals surface area contributed by atoms with Crippen molar-refractivity contribution in [3.8, 4) is 0 Å². The number of anilines is 1. The Morgan fingerprint density at radius 2 is 2.17 bits per heavy atom. The second-order valence-electron chi connectivity index (χ2n) is 6.02. The van der Waals surface area contributed by atoms with Gasteiger partial charge in [-0.2, -0.15) is 0 Å². The molecule has 94 valence electrons. The van der Waals surface area contributed by atoms with Crippen LogP contribution in [-0.2, 0) is 0 Å². The molecule has 2 fully saturated rings. The van der Waals surface area contributed by atoms with E-state index in [-0.39, 0.29) is 0 Å². The summed E-state index contributed by atoms with van der Waals surface area (Å²) in [4.78, 5) is 4.54. The lowest BCUT2D eigenvalue weighted by molar-refractivity contribution is 0.339. The molecule has 0 amide bonds. The van der Waals surface area contributed by atoms with Gasteiger partial charge in [0.1, 0.15) is 0 Å². The number of nitrogens with zero attached hydrogens (tertiary/aromatic N) is 2. The SMILES string of the molecule is Cc1cccc2nc(N)n(C3CC4CCC3C4)c12. The second kappa shape index (κ2) is 3.50. The number of aromatic nitrogens is 2. The van der Waals surface area contributed by atoms with E-state index in [1.54, 1.807) is 0 Å². The highest BCUT2D eigenvalue weighted by Gasteiger charge is 2.41. The van der Waals surface area contributed by atoms with E-state index in [4.69, 9.17) is 5.73 Å². The van der Waals surface area contributed by atoms with Crippen molar-refractivity contribution in [1.29, 1.82) is 0 Å². The number of rotatable bonds is 1. The summed E-state index contributed by atoms with van der Waals surface area (Å²) in [6.45, 7) is 2.16. The molecular weight excluding hydrogens is 222 g/mol. The molecule has 1 aromatic carbocycles. The maximum absolute atomic E-state index is 6.19. The third-order valence-electron chi connectivity index (χ3n) is 4.97. The van der Waals surface area contributed by atoms with E-state index in [1.165, 1.54) is 36.8 Å². The molecule has 0 aliphatic heterocycles. The van der Waals surface area contributed by atoms with Crippen molar-refractivity contribution in [3.05, 3.63) is 23.8 Å². The molecule has 2 N–H and O–H groups in total. The van der Waals surface area contributed by atoms with Crippen molar-refractivity contribution in [2.24, 2.45) is 11.8 Å². The van der Waals surface area contributed by atoms with Gasteiger partial charge in [-0.1, -0.05) is 18.6 Å². The van der Waals surface area contributed by atoms with Gasteiger partial charge in [-0.05, 0) is 49.7 Å². The zero-order chi connectivity index (χ0) is 12.3. The van der Waals surface area contributed by atoms with Gasteiger partial charge in [-0.15, -0.1) is 0 Å². The van der Waals surface area contributed by atoms with Gasteiger partial charge in [-0.3, -0.25) is 0 Å². The first-order chi connectivity index (χ1) is 8.74. The number of hydrogen-bond acceptors (Lipinski definition) is 2. The molecule has 3 heteroatoms. The van der Waals surface area contributed by atoms with Crippen LogP contribution in [0.25, 0.3) is 11.0 Å². The van der Waals surface area contributed by atoms with Crippen LogP contribution in [0.5, 0.6) is 0 Å². The molecule has 3 atom stereocenters. The van der Waals surface area contributed by atoms with Gasteiger partial charge in [0.2, 0.25) is 5.95 Å². The molecule has 0 saturated heterocycles. The molecule has 2 aliphatic rings. The van der Waals surface area contributed by atoms with Crippen molar-refractivity contribution in [2.75, 3.05) is 5.73 Å². The van der Waals surface area contributed by atoms with E-state index in [2.05, 4.69) is 34.7 Å². The largest absolute Gasteiger partial charge is 0.369 e. The van der Waals surface area contributed by atoms with Gasteiger partial charge >= 0.3 is 0 Å². The van der Waals surface area contributed by atoms with Crippen molar-refractivity contribution in [1.82, 2.24) is 9.55 Å². The predicted molar refractivity (Wildman–Crippen MR) is 73.4 cm³/mol. The molecule has 0 radical (unpaired) electrons. The van der Waals surface area contributed by atoms with Crippen LogP contribution < -0.4 is 5.73 Å². The number of hydrogen-bond donors (Lipinski definition) is 1. The van der Waals surface area contributed by atoms with Crippen LogP contribution in [-0.4, -0.2) is 9.55 Å². The Hall–Kier alpha value is -1.51. The minimum absolute atomic E-state index is 0.592. The maximum atomic E-state index is 6.19. The highest BCUT2D eigenvalue weighted by molar-refractivity contribution is 5.81. The molecular formula is C15H19N3. The molecule has 3 unspecified atom stereocenters. The third-order valence-corrected chi connectivity index (χ3v) is 4.97. The molecule has 2 saturated carbocycles. The molecule has 1 heterocycles. The summed E-state index contributed by atoms with van der Waals surface area (Å²) in [6, 6.07) is 6.89. The molecule has 2 aromatic rings. The van der Waals surface area contributed by atoms with E-state index in [0.29, 0.717) is 12.0 Å². The first-order valence-electron chi connectivity index (χ1n) is 6.97. The Labute approximate surface area is 107 Å². The Kier molecular flexibility index (Phi) is 2.02. The van der Waals surface area contributed by atoms with Gasteiger partial charge in [0.25, 0.3) is 0 Å². The standard InChI is InChI=1S/C15H19N3/c1-9-3-2-4-12-14(9)18(15(16)17-12)13-8-10-5-6-11(13)7-10/h2-4,10-11,13H,5-8H2,1H3,(H2,16,17). The Morgan fingerprint density at radius 3 is 2.89 bits per heavy atom. The summed E-state index contributed by atoms with van der Waals surface area (Å²) in [5.74, 6) is 2.46. The second-order valence-corrected chi connectivity index (χ2v) is 6.02. The lowest BCUT2D eigenvalue weighted by Gasteiger charge is -2.25. The van der Waals surface area contributed by atoms with Crippen molar-refractivity contribution in [3.63, 3.8) is 0 Å². The third kappa shape index (κ3) is 1.27. The van der Waals surface area contributed by atoms with E-state index < -0.39 is 0 Å². The normalized spacial score (nSPS) is 30.4. The van der Waals surface area contributed by atoms with E-state index in [9.17, 15) is 0 Å². The highest BCUT2D eigenvalue weighted by atomic mass is 15.2. The van der Waals surface area contributed by atoms with Gasteiger partial charge in [0, 0.05) is 6.04 Å². The van der Waals surface area contributed by atoms with Crippen molar-refractivity contribution >= 4 is 17.0 Å². The number of nitrogen functional groups attached to an aromatic ring is 1. The fourth-order valence-corrected chi connectivity index (χ4v) is 4.20. The minimum Gasteiger partial charge on any atom is -0.369 e. The lowest BCUT2D eigenvalue weighted by Crippen LogP contribution is -2.18. The number of fused-ring (bicyclic) bond motifs is 3. The topological polar surface area (TPSA) is 43.8 Å². The average molecular weight is 241 g/mol. The van der Waals surface area contributed by atoms with E-state index in [0.717, 1.165) is 17.4 Å². The average Bonchev–Trinajstić information content (AvgIpc) is 3.01. The summed E-state index contributed by atoms with van der Waals surface area (Å²) >= 11 is 0. The molecule has 0 spiro atoms. The molecule has 2 bridgehead atoms. The molecule has 18 heavy (non-hydrogen) atoms. The van der Waals surface area contributed by atoms with Crippen LogP contribution in [0.2, 0.25) is 0 Å². The monoisotopic (exact) mass is 241 g/mol. The van der Waals surface area contributed by atoms with Crippen molar-refractivity contribution < 1.29 is 0 Å². The maximum Gasteiger partial charge on any atom is 0.201 e. The Bertz CT molecular complexity index is 613. The zero-order valence-electron chi connectivity index (χ0n) is 10.8. The minimum atomic E-state index is 0.592. The highest BCUT2D eigenvalue weighted by Crippen LogP contribution is 2.52. The Morgan fingerprint density at radius 1 is 1.28 bits per heavy atom. The zero-order valence-corrected chi connectivity index (χ0v) is 10.8. The predicted octanol–water partition coefficient (Wildman–Crippen LogP) is 3.29. The first kappa shape index (κ1) is 10.4.